The summed E-state index contributed by atoms with van der Waals surface area (Å²) in [5, 5.41) is 16.1. The zero-order valence-corrected chi connectivity index (χ0v) is 15.9. The van der Waals surface area contributed by atoms with Crippen LogP contribution in [0.2, 0.25) is 0 Å². The summed E-state index contributed by atoms with van der Waals surface area (Å²) in [5.41, 5.74) is 9.15. The Morgan fingerprint density at radius 1 is 1.18 bits per heavy atom. The highest BCUT2D eigenvalue weighted by molar-refractivity contribution is 6.04. The van der Waals surface area contributed by atoms with E-state index in [1.165, 1.54) is 25.7 Å². The van der Waals surface area contributed by atoms with Crippen LogP contribution in [0.4, 0.5) is 5.82 Å². The number of rotatable bonds is 4. The van der Waals surface area contributed by atoms with Crippen molar-refractivity contribution in [2.24, 2.45) is 16.8 Å². The molecule has 1 fully saturated rings. The van der Waals surface area contributed by atoms with Crippen molar-refractivity contribution < 1.29 is 4.79 Å². The summed E-state index contributed by atoms with van der Waals surface area (Å²) in [7, 11) is 0. The van der Waals surface area contributed by atoms with Crippen molar-refractivity contribution in [2.45, 2.75) is 45.1 Å². The molecule has 6 nitrogen and oxygen atoms in total. The van der Waals surface area contributed by atoms with Gasteiger partial charge in [0, 0.05) is 12.0 Å². The van der Waals surface area contributed by atoms with Gasteiger partial charge in [-0.1, -0.05) is 25.0 Å². The lowest BCUT2D eigenvalue weighted by molar-refractivity contribution is 0.100. The Morgan fingerprint density at radius 2 is 1.89 bits per heavy atom. The van der Waals surface area contributed by atoms with Gasteiger partial charge < -0.3 is 5.73 Å². The van der Waals surface area contributed by atoms with Gasteiger partial charge in [-0.05, 0) is 55.5 Å². The number of anilines is 1. The Bertz CT molecular complexity index is 967. The van der Waals surface area contributed by atoms with Crippen LogP contribution in [0.3, 0.4) is 0 Å². The molecule has 1 unspecified atom stereocenters. The van der Waals surface area contributed by atoms with Crippen LogP contribution in [0.1, 0.15) is 59.3 Å². The molecule has 4 rings (SSSR count). The number of amides is 1. The van der Waals surface area contributed by atoms with Crippen LogP contribution in [-0.4, -0.2) is 22.6 Å². The highest BCUT2D eigenvalue weighted by Crippen LogP contribution is 2.37. The number of aromatic nitrogens is 1. The lowest BCUT2D eigenvalue weighted by Gasteiger charge is -2.27. The van der Waals surface area contributed by atoms with Gasteiger partial charge in [-0.3, -0.25) is 4.79 Å². The second-order valence-corrected chi connectivity index (χ2v) is 7.56. The first-order valence-corrected chi connectivity index (χ1v) is 9.71. The third-order valence-electron chi connectivity index (χ3n) is 5.82. The predicted octanol–water partition coefficient (Wildman–Crippen LogP) is 3.53. The standard InChI is InChI=1S/C22H23N5O/c1-14-18(13-23)10-11-21(25-14)27-20(16-4-2-3-5-16)12-19(26-27)15-6-8-17(9-7-15)22(24)28/h6-11,16,20H,2-5,12H2,1H3,(H2,24,28). The molecule has 1 saturated carbocycles. The molecule has 1 amide bonds. The number of primary amides is 1. The molecule has 1 atom stereocenters. The quantitative estimate of drug-likeness (QED) is 0.887. The molecule has 2 aromatic rings. The van der Waals surface area contributed by atoms with E-state index in [1.54, 1.807) is 12.1 Å². The number of nitrogens with two attached hydrogens (primary N) is 1. The number of hydrogen-bond donors (Lipinski definition) is 1. The van der Waals surface area contributed by atoms with Gasteiger partial charge in [0.05, 0.1) is 23.0 Å². The number of nitriles is 1. The second kappa shape index (κ2) is 7.43. The monoisotopic (exact) mass is 373 g/mol. The average molecular weight is 373 g/mol. The van der Waals surface area contributed by atoms with Crippen LogP contribution in [0, 0.1) is 24.2 Å². The fourth-order valence-corrected chi connectivity index (χ4v) is 4.26. The Kier molecular flexibility index (Phi) is 4.82. The Hall–Kier alpha value is -3.20. The van der Waals surface area contributed by atoms with E-state index in [-0.39, 0.29) is 6.04 Å². The molecule has 142 valence electrons. The largest absolute Gasteiger partial charge is 0.366 e. The van der Waals surface area contributed by atoms with Crippen molar-refractivity contribution in [1.29, 1.82) is 5.26 Å². The van der Waals surface area contributed by atoms with Crippen LogP contribution in [0.5, 0.6) is 0 Å². The zero-order chi connectivity index (χ0) is 19.7. The molecule has 0 saturated heterocycles. The Balaban J connectivity index is 1.68. The molecule has 6 heteroatoms. The van der Waals surface area contributed by atoms with Gasteiger partial charge in [-0.2, -0.15) is 10.4 Å². The summed E-state index contributed by atoms with van der Waals surface area (Å²) in [6.07, 6.45) is 5.79. The average Bonchev–Trinajstić information content (AvgIpc) is 3.37. The molecule has 1 aliphatic carbocycles. The number of benzene rings is 1. The lowest BCUT2D eigenvalue weighted by atomic mass is 9.92. The summed E-state index contributed by atoms with van der Waals surface area (Å²) in [6, 6.07) is 13.5. The smallest absolute Gasteiger partial charge is 0.248 e. The van der Waals surface area contributed by atoms with E-state index < -0.39 is 5.91 Å². The molecule has 0 bridgehead atoms. The molecular weight excluding hydrogens is 350 g/mol. The summed E-state index contributed by atoms with van der Waals surface area (Å²) in [5.74, 6) is 0.948. The van der Waals surface area contributed by atoms with Crippen LogP contribution >= 0.6 is 0 Å². The highest BCUT2D eigenvalue weighted by atomic mass is 16.1. The SMILES string of the molecule is Cc1nc(N2N=C(c3ccc(C(N)=O)cc3)CC2C2CCCC2)ccc1C#N. The third kappa shape index (κ3) is 3.36. The van der Waals surface area contributed by atoms with Crippen LogP contribution < -0.4 is 10.7 Å². The van der Waals surface area contributed by atoms with Gasteiger partial charge in [0.25, 0.3) is 0 Å². The van der Waals surface area contributed by atoms with Gasteiger partial charge in [-0.25, -0.2) is 9.99 Å². The lowest BCUT2D eigenvalue weighted by Crippen LogP contribution is -2.33. The summed E-state index contributed by atoms with van der Waals surface area (Å²) >= 11 is 0. The van der Waals surface area contributed by atoms with Crippen LogP contribution in [0.25, 0.3) is 0 Å². The molecule has 0 radical (unpaired) electrons. The number of pyridine rings is 1. The van der Waals surface area contributed by atoms with E-state index in [2.05, 4.69) is 11.1 Å². The maximum absolute atomic E-state index is 11.3. The summed E-state index contributed by atoms with van der Waals surface area (Å²) in [6.45, 7) is 1.86. The van der Waals surface area contributed by atoms with Gasteiger partial charge in [0.1, 0.15) is 11.9 Å². The minimum absolute atomic E-state index is 0.271. The first-order chi connectivity index (χ1) is 13.6. The molecule has 2 N–H and O–H groups in total. The van der Waals surface area contributed by atoms with Crippen molar-refractivity contribution in [3.8, 4) is 6.07 Å². The fraction of sp³-hybridized carbons (Fsp3) is 0.364. The molecule has 2 aliphatic rings. The van der Waals surface area contributed by atoms with Gasteiger partial charge in [0.2, 0.25) is 5.91 Å². The predicted molar refractivity (Wildman–Crippen MR) is 108 cm³/mol. The first kappa shape index (κ1) is 18.2. The Morgan fingerprint density at radius 3 is 2.50 bits per heavy atom. The van der Waals surface area contributed by atoms with Crippen molar-refractivity contribution in [2.75, 3.05) is 5.01 Å². The minimum Gasteiger partial charge on any atom is -0.366 e. The molecule has 0 spiro atoms. The minimum atomic E-state index is -0.428. The summed E-state index contributed by atoms with van der Waals surface area (Å²) < 4.78 is 0. The fourth-order valence-electron chi connectivity index (χ4n) is 4.26. The van der Waals surface area contributed by atoms with Crippen molar-refractivity contribution in [1.82, 2.24) is 4.98 Å². The number of carbonyl (C=O) groups excluding carboxylic acids is 1. The number of carbonyl (C=O) groups is 1. The van der Waals surface area contributed by atoms with Crippen molar-refractivity contribution in [3.05, 3.63) is 58.8 Å². The van der Waals surface area contributed by atoms with E-state index in [0.717, 1.165) is 29.2 Å². The molecule has 1 aromatic heterocycles. The van der Waals surface area contributed by atoms with Gasteiger partial charge in [0.15, 0.2) is 0 Å². The van der Waals surface area contributed by atoms with Crippen molar-refractivity contribution in [3.63, 3.8) is 0 Å². The Labute approximate surface area is 164 Å². The second-order valence-electron chi connectivity index (χ2n) is 7.56. The van der Waals surface area contributed by atoms with Crippen LogP contribution in [-0.2, 0) is 0 Å². The molecule has 1 aliphatic heterocycles. The maximum Gasteiger partial charge on any atom is 0.248 e. The van der Waals surface area contributed by atoms with Gasteiger partial charge >= 0.3 is 0 Å². The van der Waals surface area contributed by atoms with Gasteiger partial charge in [-0.15, -0.1) is 0 Å². The first-order valence-electron chi connectivity index (χ1n) is 9.71. The summed E-state index contributed by atoms with van der Waals surface area (Å²) in [4.78, 5) is 16.0. The molecule has 2 heterocycles. The molecular formula is C22H23N5O. The van der Waals surface area contributed by atoms with E-state index >= 15 is 0 Å². The number of hydrazone groups is 1. The number of nitrogens with zero attached hydrogens (tertiary/aromatic N) is 4. The van der Waals surface area contributed by atoms with E-state index in [1.807, 2.05) is 36.2 Å². The van der Waals surface area contributed by atoms with Crippen LogP contribution in [0.15, 0.2) is 41.5 Å². The number of aryl methyl sites for hydroxylation is 1. The normalized spacial score (nSPS) is 19.5. The van der Waals surface area contributed by atoms with E-state index in [4.69, 9.17) is 10.8 Å². The van der Waals surface area contributed by atoms with Crippen molar-refractivity contribution >= 4 is 17.4 Å². The van der Waals surface area contributed by atoms with E-state index in [9.17, 15) is 10.1 Å². The topological polar surface area (TPSA) is 95.4 Å². The zero-order valence-electron chi connectivity index (χ0n) is 15.9. The molecule has 28 heavy (non-hydrogen) atoms. The molecule has 1 aromatic carbocycles. The maximum atomic E-state index is 11.3. The van der Waals surface area contributed by atoms with E-state index in [0.29, 0.717) is 17.0 Å². The third-order valence-corrected chi connectivity index (χ3v) is 5.82. The number of hydrogen-bond acceptors (Lipinski definition) is 5. The highest BCUT2D eigenvalue weighted by Gasteiger charge is 2.36.